The molecule has 2 aromatic carbocycles. The fourth-order valence-corrected chi connectivity index (χ4v) is 2.85. The van der Waals surface area contributed by atoms with Crippen LogP contribution in [0.25, 0.3) is 0 Å². The first-order valence-electron chi connectivity index (χ1n) is 10.8. The summed E-state index contributed by atoms with van der Waals surface area (Å²) >= 11 is 0. The van der Waals surface area contributed by atoms with Crippen molar-refractivity contribution < 1.29 is 4.74 Å². The molecule has 0 amide bonds. The molecule has 2 aromatic rings. The van der Waals surface area contributed by atoms with Crippen molar-refractivity contribution in [2.45, 2.75) is 54.2 Å². The third-order valence-corrected chi connectivity index (χ3v) is 4.15. The zero-order valence-corrected chi connectivity index (χ0v) is 19.2. The highest BCUT2D eigenvalue weighted by molar-refractivity contribution is 5.28. The van der Waals surface area contributed by atoms with Crippen molar-refractivity contribution in [1.29, 1.82) is 0 Å². The molecule has 3 nitrogen and oxygen atoms in total. The van der Waals surface area contributed by atoms with Gasteiger partial charge in [-0.15, -0.1) is 0 Å². The molecule has 1 aliphatic heterocycles. The van der Waals surface area contributed by atoms with Crippen molar-refractivity contribution in [3.05, 3.63) is 65.7 Å². The normalized spacial score (nSPS) is 15.2. The Morgan fingerprint density at radius 1 is 0.964 bits per heavy atom. The maximum Gasteiger partial charge on any atom is 0.120 e. The molecule has 28 heavy (non-hydrogen) atoms. The number of benzene rings is 2. The predicted molar refractivity (Wildman–Crippen MR) is 124 cm³/mol. The van der Waals surface area contributed by atoms with E-state index in [1.54, 1.807) is 0 Å². The molecule has 158 valence electrons. The Morgan fingerprint density at radius 2 is 1.61 bits per heavy atom. The van der Waals surface area contributed by atoms with Crippen LogP contribution in [0.4, 0.5) is 0 Å². The molecule has 1 saturated heterocycles. The van der Waals surface area contributed by atoms with E-state index in [4.69, 9.17) is 4.74 Å². The zero-order chi connectivity index (χ0) is 21.2. The highest BCUT2D eigenvalue weighted by Gasteiger charge is 2.13. The molecule has 1 heterocycles. The second kappa shape index (κ2) is 17.3. The Kier molecular flexibility index (Phi) is 16.1. The van der Waals surface area contributed by atoms with E-state index >= 15 is 0 Å². The van der Waals surface area contributed by atoms with Gasteiger partial charge < -0.3 is 15.0 Å². The van der Waals surface area contributed by atoms with Gasteiger partial charge in [-0.25, -0.2) is 0 Å². The van der Waals surface area contributed by atoms with Gasteiger partial charge in [0.2, 0.25) is 0 Å². The Balaban J connectivity index is 0.000000553. The maximum absolute atomic E-state index is 5.75. The predicted octanol–water partition coefficient (Wildman–Crippen LogP) is 6.00. The van der Waals surface area contributed by atoms with E-state index in [0.29, 0.717) is 6.61 Å². The van der Waals surface area contributed by atoms with E-state index in [9.17, 15) is 0 Å². The van der Waals surface area contributed by atoms with Crippen LogP contribution in [0, 0.1) is 5.92 Å². The number of hydrogen-bond acceptors (Lipinski definition) is 3. The molecule has 1 fully saturated rings. The SMILES string of the molecule is CC.CC.CC1CCN(C)C1.CNCc1cccc(OCc2ccccc2)c1. The Morgan fingerprint density at radius 3 is 2.11 bits per heavy atom. The van der Waals surface area contributed by atoms with Crippen molar-refractivity contribution in [3.8, 4) is 5.75 Å². The molecule has 0 bridgehead atoms. The van der Waals surface area contributed by atoms with Crippen LogP contribution in [0.5, 0.6) is 5.75 Å². The molecule has 0 radical (unpaired) electrons. The highest BCUT2D eigenvalue weighted by atomic mass is 16.5. The lowest BCUT2D eigenvalue weighted by molar-refractivity contribution is 0.306. The van der Waals surface area contributed by atoms with Crippen LogP contribution in [0.1, 0.15) is 52.2 Å². The van der Waals surface area contributed by atoms with Crippen LogP contribution in [0.3, 0.4) is 0 Å². The fraction of sp³-hybridized carbons (Fsp3) is 0.520. The third-order valence-electron chi connectivity index (χ3n) is 4.15. The van der Waals surface area contributed by atoms with Gasteiger partial charge in [0.25, 0.3) is 0 Å². The first-order valence-corrected chi connectivity index (χ1v) is 10.8. The zero-order valence-electron chi connectivity index (χ0n) is 19.2. The summed E-state index contributed by atoms with van der Waals surface area (Å²) in [5, 5.41) is 3.13. The summed E-state index contributed by atoms with van der Waals surface area (Å²) in [4.78, 5) is 2.38. The fourth-order valence-electron chi connectivity index (χ4n) is 2.85. The van der Waals surface area contributed by atoms with Crippen LogP contribution in [0.2, 0.25) is 0 Å². The van der Waals surface area contributed by atoms with E-state index in [0.717, 1.165) is 18.2 Å². The van der Waals surface area contributed by atoms with Crippen molar-refractivity contribution in [3.63, 3.8) is 0 Å². The Hall–Kier alpha value is -1.84. The van der Waals surface area contributed by atoms with E-state index in [-0.39, 0.29) is 0 Å². The standard InChI is InChI=1S/C15H17NO.C6H13N.2C2H6/c1-16-11-14-8-5-9-15(10-14)17-12-13-6-3-2-4-7-13;1-6-3-4-7(2)5-6;2*1-2/h2-10,16H,11-12H2,1H3;6H,3-5H2,1-2H3;2*1-2H3. The highest BCUT2D eigenvalue weighted by Crippen LogP contribution is 2.15. The van der Waals surface area contributed by atoms with Gasteiger partial charge in [-0.05, 0) is 56.2 Å². The lowest BCUT2D eigenvalue weighted by Crippen LogP contribution is -2.12. The van der Waals surface area contributed by atoms with Gasteiger partial charge >= 0.3 is 0 Å². The molecular formula is C25H42N2O. The molecule has 0 saturated carbocycles. The number of nitrogens with one attached hydrogen (secondary N) is 1. The summed E-state index contributed by atoms with van der Waals surface area (Å²) in [5.41, 5.74) is 2.42. The van der Waals surface area contributed by atoms with Crippen LogP contribution in [0.15, 0.2) is 54.6 Å². The van der Waals surface area contributed by atoms with E-state index in [2.05, 4.69) is 48.5 Å². The summed E-state index contributed by atoms with van der Waals surface area (Å²) in [6.07, 6.45) is 1.40. The van der Waals surface area contributed by atoms with Gasteiger partial charge in [0.15, 0.2) is 0 Å². The molecule has 0 spiro atoms. The molecule has 3 rings (SSSR count). The van der Waals surface area contributed by atoms with E-state index in [1.165, 1.54) is 30.6 Å². The third kappa shape index (κ3) is 11.8. The van der Waals surface area contributed by atoms with Crippen LogP contribution in [-0.2, 0) is 13.2 Å². The van der Waals surface area contributed by atoms with Gasteiger partial charge in [-0.3, -0.25) is 0 Å². The number of ether oxygens (including phenoxy) is 1. The van der Waals surface area contributed by atoms with Gasteiger partial charge in [0.1, 0.15) is 12.4 Å². The quantitative estimate of drug-likeness (QED) is 0.682. The minimum Gasteiger partial charge on any atom is -0.489 e. The van der Waals surface area contributed by atoms with Crippen molar-refractivity contribution in [1.82, 2.24) is 10.2 Å². The topological polar surface area (TPSA) is 24.5 Å². The lowest BCUT2D eigenvalue weighted by Gasteiger charge is -2.08. The van der Waals surface area contributed by atoms with E-state index < -0.39 is 0 Å². The first-order chi connectivity index (χ1) is 13.7. The number of likely N-dealkylation sites (tertiary alicyclic amines) is 1. The number of nitrogens with zero attached hydrogens (tertiary/aromatic N) is 1. The second-order valence-electron chi connectivity index (χ2n) is 6.61. The smallest absolute Gasteiger partial charge is 0.120 e. The summed E-state index contributed by atoms with van der Waals surface area (Å²) in [6, 6.07) is 18.4. The van der Waals surface area contributed by atoms with Crippen LogP contribution >= 0.6 is 0 Å². The second-order valence-corrected chi connectivity index (χ2v) is 6.61. The maximum atomic E-state index is 5.75. The molecule has 0 aliphatic carbocycles. The van der Waals surface area contributed by atoms with Crippen molar-refractivity contribution in [2.24, 2.45) is 5.92 Å². The molecule has 3 heteroatoms. The Bertz CT molecular complexity index is 578. The van der Waals surface area contributed by atoms with Crippen LogP contribution < -0.4 is 10.1 Å². The molecule has 1 atom stereocenters. The van der Waals surface area contributed by atoms with Gasteiger partial charge in [0.05, 0.1) is 0 Å². The monoisotopic (exact) mass is 386 g/mol. The first kappa shape index (κ1) is 26.2. The molecule has 1 unspecified atom stereocenters. The summed E-state index contributed by atoms with van der Waals surface area (Å²) < 4.78 is 5.75. The van der Waals surface area contributed by atoms with Gasteiger partial charge in [0, 0.05) is 13.1 Å². The minimum atomic E-state index is 0.615. The summed E-state index contributed by atoms with van der Waals surface area (Å²) in [7, 11) is 4.13. The average molecular weight is 387 g/mol. The van der Waals surface area contributed by atoms with Crippen LogP contribution in [-0.4, -0.2) is 32.1 Å². The molecule has 1 aliphatic rings. The largest absolute Gasteiger partial charge is 0.489 e. The van der Waals surface area contributed by atoms with Gasteiger partial charge in [-0.2, -0.15) is 0 Å². The summed E-state index contributed by atoms with van der Waals surface area (Å²) in [5.74, 6) is 1.87. The molecule has 0 aromatic heterocycles. The minimum absolute atomic E-state index is 0.615. The lowest BCUT2D eigenvalue weighted by atomic mass is 10.2. The van der Waals surface area contributed by atoms with Crippen molar-refractivity contribution >= 4 is 0 Å². The average Bonchev–Trinajstić information content (AvgIpc) is 3.14. The Labute approximate surface area is 174 Å². The van der Waals surface area contributed by atoms with E-state index in [1.807, 2.05) is 65.1 Å². The molecular weight excluding hydrogens is 344 g/mol. The molecule has 1 N–H and O–H groups in total. The summed E-state index contributed by atoms with van der Waals surface area (Å²) in [6.45, 7) is 14.4. The number of hydrogen-bond donors (Lipinski definition) is 1. The van der Waals surface area contributed by atoms with Gasteiger partial charge in [-0.1, -0.05) is 77.1 Å². The number of rotatable bonds is 5. The van der Waals surface area contributed by atoms with Crippen molar-refractivity contribution in [2.75, 3.05) is 27.2 Å².